The highest BCUT2D eigenvalue weighted by molar-refractivity contribution is 5.96. The zero-order valence-electron chi connectivity index (χ0n) is 10.9. The van der Waals surface area contributed by atoms with Crippen molar-refractivity contribution in [2.24, 2.45) is 11.1 Å². The molecule has 0 aliphatic carbocycles. The summed E-state index contributed by atoms with van der Waals surface area (Å²) in [7, 11) is 0. The summed E-state index contributed by atoms with van der Waals surface area (Å²) >= 11 is 0. The standard InChI is InChI=1S/C14H21N3/c1-10-8-11(4-5-12(10)13(15)16)17-7-6-14(2,3)9-17/h4-5,8H,6-7,9H2,1-3H3,(H3,15,16). The van der Waals surface area contributed by atoms with Crippen molar-refractivity contribution in [2.45, 2.75) is 27.2 Å². The highest BCUT2D eigenvalue weighted by Crippen LogP contribution is 2.33. The summed E-state index contributed by atoms with van der Waals surface area (Å²) in [6, 6.07) is 6.17. The number of nitrogens with one attached hydrogen (secondary N) is 1. The number of nitrogen functional groups attached to an aromatic ring is 1. The molecule has 0 saturated carbocycles. The van der Waals surface area contributed by atoms with Gasteiger partial charge in [-0.05, 0) is 42.5 Å². The quantitative estimate of drug-likeness (QED) is 0.607. The maximum Gasteiger partial charge on any atom is 0.123 e. The monoisotopic (exact) mass is 231 g/mol. The summed E-state index contributed by atoms with van der Waals surface area (Å²) in [4.78, 5) is 2.41. The third-order valence-electron chi connectivity index (χ3n) is 3.54. The number of aryl methyl sites for hydroxylation is 1. The maximum absolute atomic E-state index is 7.48. The van der Waals surface area contributed by atoms with Crippen LogP contribution >= 0.6 is 0 Å². The first-order valence-corrected chi connectivity index (χ1v) is 6.09. The molecule has 3 heteroatoms. The number of hydrogen-bond acceptors (Lipinski definition) is 2. The van der Waals surface area contributed by atoms with Crippen molar-refractivity contribution in [3.05, 3.63) is 29.3 Å². The molecule has 1 saturated heterocycles. The summed E-state index contributed by atoms with van der Waals surface area (Å²) in [6.07, 6.45) is 1.24. The zero-order valence-corrected chi connectivity index (χ0v) is 10.9. The van der Waals surface area contributed by atoms with Gasteiger partial charge in [-0.3, -0.25) is 5.41 Å². The van der Waals surface area contributed by atoms with Gasteiger partial charge in [0.2, 0.25) is 0 Å². The first kappa shape index (κ1) is 12.0. The van der Waals surface area contributed by atoms with Gasteiger partial charge >= 0.3 is 0 Å². The largest absolute Gasteiger partial charge is 0.384 e. The van der Waals surface area contributed by atoms with Crippen molar-refractivity contribution in [1.82, 2.24) is 0 Å². The topological polar surface area (TPSA) is 53.1 Å². The fraction of sp³-hybridized carbons (Fsp3) is 0.500. The van der Waals surface area contributed by atoms with E-state index in [2.05, 4.69) is 30.9 Å². The fourth-order valence-electron chi connectivity index (χ4n) is 2.48. The molecule has 0 unspecified atom stereocenters. The molecule has 1 heterocycles. The Morgan fingerprint density at radius 1 is 1.41 bits per heavy atom. The molecule has 1 aromatic carbocycles. The van der Waals surface area contributed by atoms with Gasteiger partial charge in [-0.2, -0.15) is 0 Å². The number of benzene rings is 1. The lowest BCUT2D eigenvalue weighted by atomic mass is 9.93. The van der Waals surface area contributed by atoms with Crippen molar-refractivity contribution in [2.75, 3.05) is 18.0 Å². The lowest BCUT2D eigenvalue weighted by molar-refractivity contribution is 0.418. The molecule has 92 valence electrons. The molecule has 1 aromatic rings. The van der Waals surface area contributed by atoms with Crippen LogP contribution in [0.1, 0.15) is 31.4 Å². The number of rotatable bonds is 2. The average Bonchev–Trinajstić information content (AvgIpc) is 2.58. The highest BCUT2D eigenvalue weighted by Gasteiger charge is 2.29. The Morgan fingerprint density at radius 2 is 2.12 bits per heavy atom. The van der Waals surface area contributed by atoms with Crippen molar-refractivity contribution < 1.29 is 0 Å². The first-order chi connectivity index (χ1) is 7.89. The molecule has 1 aliphatic heterocycles. The molecule has 0 amide bonds. The van der Waals surface area contributed by atoms with E-state index in [-0.39, 0.29) is 5.84 Å². The van der Waals surface area contributed by atoms with Crippen LogP contribution in [0.15, 0.2) is 18.2 Å². The normalized spacial score (nSPS) is 18.4. The van der Waals surface area contributed by atoms with Gasteiger partial charge in [-0.1, -0.05) is 13.8 Å². The Hall–Kier alpha value is -1.51. The van der Waals surface area contributed by atoms with E-state index in [1.54, 1.807) is 0 Å². The minimum absolute atomic E-state index is 0.149. The summed E-state index contributed by atoms with van der Waals surface area (Å²) in [5, 5.41) is 7.48. The van der Waals surface area contributed by atoms with Crippen LogP contribution < -0.4 is 10.6 Å². The van der Waals surface area contributed by atoms with Crippen LogP contribution in [0.3, 0.4) is 0 Å². The second-order valence-corrected chi connectivity index (χ2v) is 5.75. The Kier molecular flexibility index (Phi) is 2.86. The molecule has 17 heavy (non-hydrogen) atoms. The van der Waals surface area contributed by atoms with Gasteiger partial charge < -0.3 is 10.6 Å². The van der Waals surface area contributed by atoms with E-state index in [4.69, 9.17) is 11.1 Å². The van der Waals surface area contributed by atoms with Crippen LogP contribution in [0.25, 0.3) is 0 Å². The van der Waals surface area contributed by atoms with Crippen LogP contribution in [0, 0.1) is 17.7 Å². The van der Waals surface area contributed by atoms with Gasteiger partial charge in [-0.15, -0.1) is 0 Å². The smallest absolute Gasteiger partial charge is 0.123 e. The van der Waals surface area contributed by atoms with Crippen molar-refractivity contribution >= 4 is 11.5 Å². The molecule has 2 rings (SSSR count). The number of nitrogens with two attached hydrogens (primary N) is 1. The van der Waals surface area contributed by atoms with E-state index in [1.165, 1.54) is 12.1 Å². The van der Waals surface area contributed by atoms with Gasteiger partial charge in [0.25, 0.3) is 0 Å². The molecule has 3 nitrogen and oxygen atoms in total. The third-order valence-corrected chi connectivity index (χ3v) is 3.54. The Morgan fingerprint density at radius 3 is 2.59 bits per heavy atom. The van der Waals surface area contributed by atoms with Crippen molar-refractivity contribution in [3.63, 3.8) is 0 Å². The van der Waals surface area contributed by atoms with Crippen LogP contribution in [0.2, 0.25) is 0 Å². The molecule has 0 bridgehead atoms. The van der Waals surface area contributed by atoms with Crippen molar-refractivity contribution in [3.8, 4) is 0 Å². The van der Waals surface area contributed by atoms with Gasteiger partial charge in [0.05, 0.1) is 0 Å². The van der Waals surface area contributed by atoms with E-state index >= 15 is 0 Å². The molecule has 1 aliphatic rings. The predicted molar refractivity (Wildman–Crippen MR) is 72.8 cm³/mol. The predicted octanol–water partition coefficient (Wildman–Crippen LogP) is 2.52. The minimum atomic E-state index is 0.149. The lowest BCUT2D eigenvalue weighted by Crippen LogP contribution is -2.23. The van der Waals surface area contributed by atoms with E-state index in [1.807, 2.05) is 13.0 Å². The van der Waals surface area contributed by atoms with Gasteiger partial charge in [-0.25, -0.2) is 0 Å². The fourth-order valence-corrected chi connectivity index (χ4v) is 2.48. The summed E-state index contributed by atoms with van der Waals surface area (Å²) in [5.74, 6) is 0.149. The molecule has 3 N–H and O–H groups in total. The van der Waals surface area contributed by atoms with E-state index < -0.39 is 0 Å². The van der Waals surface area contributed by atoms with E-state index in [0.717, 1.165) is 24.2 Å². The van der Waals surface area contributed by atoms with Crippen LogP contribution in [-0.4, -0.2) is 18.9 Å². The lowest BCUT2D eigenvalue weighted by Gasteiger charge is -2.22. The minimum Gasteiger partial charge on any atom is -0.384 e. The number of nitrogens with zero attached hydrogens (tertiary/aromatic N) is 1. The molecule has 0 radical (unpaired) electrons. The second kappa shape index (κ2) is 4.06. The van der Waals surface area contributed by atoms with Gasteiger partial charge in [0.15, 0.2) is 0 Å². The third kappa shape index (κ3) is 2.43. The SMILES string of the molecule is Cc1cc(N2CCC(C)(C)C2)ccc1C(=N)N. The highest BCUT2D eigenvalue weighted by atomic mass is 15.2. The summed E-state index contributed by atoms with van der Waals surface area (Å²) in [5.41, 5.74) is 9.11. The molecule has 0 aromatic heterocycles. The summed E-state index contributed by atoms with van der Waals surface area (Å²) in [6.45, 7) is 8.85. The molecule has 0 spiro atoms. The maximum atomic E-state index is 7.48. The Bertz CT molecular complexity index is 449. The zero-order chi connectivity index (χ0) is 12.6. The Labute approximate surface area is 103 Å². The molecule has 0 atom stereocenters. The number of hydrogen-bond donors (Lipinski definition) is 2. The van der Waals surface area contributed by atoms with E-state index in [9.17, 15) is 0 Å². The van der Waals surface area contributed by atoms with Crippen LogP contribution in [0.5, 0.6) is 0 Å². The van der Waals surface area contributed by atoms with Gasteiger partial charge in [0, 0.05) is 24.3 Å². The van der Waals surface area contributed by atoms with Crippen LogP contribution in [-0.2, 0) is 0 Å². The number of amidine groups is 1. The van der Waals surface area contributed by atoms with Crippen LogP contribution in [0.4, 0.5) is 5.69 Å². The summed E-state index contributed by atoms with van der Waals surface area (Å²) < 4.78 is 0. The average molecular weight is 231 g/mol. The van der Waals surface area contributed by atoms with Crippen molar-refractivity contribution in [1.29, 1.82) is 5.41 Å². The van der Waals surface area contributed by atoms with E-state index in [0.29, 0.717) is 5.41 Å². The first-order valence-electron chi connectivity index (χ1n) is 6.09. The number of anilines is 1. The second-order valence-electron chi connectivity index (χ2n) is 5.75. The molecule has 1 fully saturated rings. The Balaban J connectivity index is 2.24. The van der Waals surface area contributed by atoms with Gasteiger partial charge in [0.1, 0.15) is 5.84 Å². The molecular formula is C14H21N3. The molecular weight excluding hydrogens is 210 g/mol.